The highest BCUT2D eigenvalue weighted by atomic mass is 35.5. The van der Waals surface area contributed by atoms with E-state index in [1.54, 1.807) is 12.1 Å². The Morgan fingerprint density at radius 1 is 1.10 bits per heavy atom. The monoisotopic (exact) mass is 429 g/mol. The molecule has 29 heavy (non-hydrogen) atoms. The molecule has 9 heteroatoms. The summed E-state index contributed by atoms with van der Waals surface area (Å²) in [5, 5.41) is 6.17. The molecule has 0 spiro atoms. The number of aromatic nitrogens is 2. The van der Waals surface area contributed by atoms with E-state index in [1.807, 2.05) is 37.3 Å². The van der Waals surface area contributed by atoms with Crippen LogP contribution in [0.2, 0.25) is 4.34 Å². The molecule has 0 aliphatic carbocycles. The maximum atomic E-state index is 12.2. The number of morpholine rings is 1. The van der Waals surface area contributed by atoms with Gasteiger partial charge in [-0.25, -0.2) is 9.97 Å². The Morgan fingerprint density at radius 3 is 2.52 bits per heavy atom. The number of aryl methyl sites for hydroxylation is 1. The molecular weight excluding hydrogens is 410 g/mol. The fourth-order valence-electron chi connectivity index (χ4n) is 2.98. The van der Waals surface area contributed by atoms with Crippen molar-refractivity contribution in [3.8, 4) is 0 Å². The van der Waals surface area contributed by atoms with E-state index in [1.165, 1.54) is 11.3 Å². The lowest BCUT2D eigenvalue weighted by molar-refractivity contribution is 0.103. The third-order valence-corrected chi connectivity index (χ3v) is 5.60. The topological polar surface area (TPSA) is 79.4 Å². The van der Waals surface area contributed by atoms with Gasteiger partial charge in [0.2, 0.25) is 0 Å². The normalized spacial score (nSPS) is 13.9. The number of amides is 1. The molecule has 150 valence electrons. The van der Waals surface area contributed by atoms with E-state index in [0.29, 0.717) is 33.9 Å². The second-order valence-corrected chi connectivity index (χ2v) is 8.23. The number of ether oxygens (including phenoxy) is 1. The van der Waals surface area contributed by atoms with Crippen molar-refractivity contribution < 1.29 is 9.53 Å². The Morgan fingerprint density at radius 2 is 1.83 bits per heavy atom. The van der Waals surface area contributed by atoms with Crippen LogP contribution in [0.15, 0.2) is 42.5 Å². The van der Waals surface area contributed by atoms with Crippen LogP contribution >= 0.6 is 22.9 Å². The molecule has 0 radical (unpaired) electrons. The molecular formula is C20H20ClN5O2S. The largest absolute Gasteiger partial charge is 0.378 e. The molecule has 1 aromatic carbocycles. The van der Waals surface area contributed by atoms with E-state index in [4.69, 9.17) is 16.3 Å². The number of nitrogens with one attached hydrogen (secondary N) is 2. The summed E-state index contributed by atoms with van der Waals surface area (Å²) in [6, 6.07) is 12.8. The van der Waals surface area contributed by atoms with E-state index in [2.05, 4.69) is 25.5 Å². The second-order valence-electron chi connectivity index (χ2n) is 6.52. The van der Waals surface area contributed by atoms with Crippen molar-refractivity contribution in [2.75, 3.05) is 41.8 Å². The van der Waals surface area contributed by atoms with Crippen LogP contribution in [-0.4, -0.2) is 42.2 Å². The van der Waals surface area contributed by atoms with Crippen LogP contribution in [0.3, 0.4) is 0 Å². The maximum Gasteiger partial charge on any atom is 0.265 e. The van der Waals surface area contributed by atoms with Crippen LogP contribution in [0.4, 0.5) is 23.0 Å². The van der Waals surface area contributed by atoms with Gasteiger partial charge in [0, 0.05) is 30.5 Å². The average molecular weight is 430 g/mol. The summed E-state index contributed by atoms with van der Waals surface area (Å²) in [5.74, 6) is 2.14. The van der Waals surface area contributed by atoms with E-state index in [9.17, 15) is 4.79 Å². The predicted molar refractivity (Wildman–Crippen MR) is 117 cm³/mol. The predicted octanol–water partition coefficient (Wildman–Crippen LogP) is 4.33. The molecule has 3 aromatic rings. The summed E-state index contributed by atoms with van der Waals surface area (Å²) in [6.45, 7) is 4.93. The summed E-state index contributed by atoms with van der Waals surface area (Å²) in [4.78, 5) is 24.0. The van der Waals surface area contributed by atoms with Gasteiger partial charge in [-0.1, -0.05) is 11.6 Å². The molecule has 3 heterocycles. The van der Waals surface area contributed by atoms with Crippen LogP contribution in [-0.2, 0) is 4.74 Å². The van der Waals surface area contributed by atoms with Gasteiger partial charge in [0.25, 0.3) is 5.91 Å². The van der Waals surface area contributed by atoms with Crippen molar-refractivity contribution in [3.05, 3.63) is 57.5 Å². The molecule has 1 aliphatic rings. The zero-order chi connectivity index (χ0) is 20.2. The lowest BCUT2D eigenvalue weighted by Crippen LogP contribution is -2.36. The van der Waals surface area contributed by atoms with Gasteiger partial charge in [-0.3, -0.25) is 4.79 Å². The molecule has 0 bridgehead atoms. The minimum atomic E-state index is -0.177. The number of hydrogen-bond donors (Lipinski definition) is 2. The fourth-order valence-corrected chi connectivity index (χ4v) is 3.92. The van der Waals surface area contributed by atoms with Crippen LogP contribution < -0.4 is 15.5 Å². The van der Waals surface area contributed by atoms with E-state index in [0.717, 1.165) is 30.4 Å². The van der Waals surface area contributed by atoms with E-state index in [-0.39, 0.29) is 5.91 Å². The summed E-state index contributed by atoms with van der Waals surface area (Å²) in [5.41, 5.74) is 1.58. The second kappa shape index (κ2) is 8.77. The van der Waals surface area contributed by atoms with Crippen molar-refractivity contribution >= 4 is 51.9 Å². The number of anilines is 4. The fraction of sp³-hybridized carbons (Fsp3) is 0.250. The van der Waals surface area contributed by atoms with Crippen molar-refractivity contribution in [2.45, 2.75) is 6.92 Å². The number of nitrogens with zero attached hydrogens (tertiary/aromatic N) is 3. The first-order valence-electron chi connectivity index (χ1n) is 9.19. The van der Waals surface area contributed by atoms with Gasteiger partial charge >= 0.3 is 0 Å². The van der Waals surface area contributed by atoms with Crippen LogP contribution in [0.25, 0.3) is 0 Å². The molecule has 2 N–H and O–H groups in total. The first kappa shape index (κ1) is 19.6. The van der Waals surface area contributed by atoms with Crippen molar-refractivity contribution in [3.63, 3.8) is 0 Å². The summed E-state index contributed by atoms with van der Waals surface area (Å²) >= 11 is 7.14. The lowest BCUT2D eigenvalue weighted by Gasteiger charge is -2.28. The molecule has 1 fully saturated rings. The molecule has 4 rings (SSSR count). The first-order chi connectivity index (χ1) is 14.1. The van der Waals surface area contributed by atoms with E-state index < -0.39 is 0 Å². The van der Waals surface area contributed by atoms with Gasteiger partial charge in [-0.2, -0.15) is 0 Å². The number of thiophene rings is 1. The molecule has 0 atom stereocenters. The quantitative estimate of drug-likeness (QED) is 0.628. The molecule has 0 saturated carbocycles. The van der Waals surface area contributed by atoms with Gasteiger partial charge < -0.3 is 20.3 Å². The SMILES string of the molecule is Cc1nc(Nc2ccc(NC(=O)c3ccc(Cl)s3)cc2)cc(N2CCOCC2)n1. The van der Waals surface area contributed by atoms with Crippen molar-refractivity contribution in [1.82, 2.24) is 9.97 Å². The Labute approximate surface area is 177 Å². The maximum absolute atomic E-state index is 12.2. The van der Waals surface area contributed by atoms with E-state index >= 15 is 0 Å². The Balaban J connectivity index is 1.43. The summed E-state index contributed by atoms with van der Waals surface area (Å²) in [6.07, 6.45) is 0. The van der Waals surface area contributed by atoms with Gasteiger partial charge in [0.15, 0.2) is 0 Å². The molecule has 2 aromatic heterocycles. The lowest BCUT2D eigenvalue weighted by atomic mass is 10.2. The molecule has 1 amide bonds. The Kier molecular flexibility index (Phi) is 5.94. The standard InChI is InChI=1S/C20H20ClN5O2S/c1-13-22-18(12-19(23-13)26-8-10-28-11-9-26)24-14-2-4-15(5-3-14)25-20(27)16-6-7-17(21)29-16/h2-7,12H,8-11H2,1H3,(H,25,27)(H,22,23,24). The number of rotatable bonds is 5. The minimum Gasteiger partial charge on any atom is -0.378 e. The smallest absolute Gasteiger partial charge is 0.265 e. The van der Waals surface area contributed by atoms with Gasteiger partial charge in [-0.15, -0.1) is 11.3 Å². The van der Waals surface area contributed by atoms with Gasteiger partial charge in [0.05, 0.1) is 22.4 Å². The van der Waals surface area contributed by atoms with Crippen molar-refractivity contribution in [2.24, 2.45) is 0 Å². The summed E-state index contributed by atoms with van der Waals surface area (Å²) < 4.78 is 6.00. The zero-order valence-electron chi connectivity index (χ0n) is 15.8. The molecule has 1 saturated heterocycles. The average Bonchev–Trinajstić information content (AvgIpc) is 3.16. The molecule has 1 aliphatic heterocycles. The van der Waals surface area contributed by atoms with Gasteiger partial charge in [-0.05, 0) is 43.3 Å². The Bertz CT molecular complexity index is 1000. The minimum absolute atomic E-state index is 0.177. The molecule has 0 unspecified atom stereocenters. The molecule has 7 nitrogen and oxygen atoms in total. The van der Waals surface area contributed by atoms with Crippen LogP contribution in [0.5, 0.6) is 0 Å². The highest BCUT2D eigenvalue weighted by molar-refractivity contribution is 7.18. The third-order valence-electron chi connectivity index (χ3n) is 4.37. The Hall–Kier alpha value is -2.68. The number of carbonyl (C=O) groups excluding carboxylic acids is 1. The van der Waals surface area contributed by atoms with Gasteiger partial charge in [0.1, 0.15) is 17.5 Å². The highest BCUT2D eigenvalue weighted by Gasteiger charge is 2.14. The number of halogens is 1. The number of hydrogen-bond acceptors (Lipinski definition) is 7. The summed E-state index contributed by atoms with van der Waals surface area (Å²) in [7, 11) is 0. The first-order valence-corrected chi connectivity index (χ1v) is 10.4. The van der Waals surface area contributed by atoms with Crippen LogP contribution in [0, 0.1) is 6.92 Å². The number of carbonyl (C=O) groups is 1. The zero-order valence-corrected chi connectivity index (χ0v) is 17.4. The highest BCUT2D eigenvalue weighted by Crippen LogP contribution is 2.24. The third kappa shape index (κ3) is 5.03. The van der Waals surface area contributed by atoms with Crippen LogP contribution in [0.1, 0.15) is 15.5 Å². The van der Waals surface area contributed by atoms with Crippen molar-refractivity contribution in [1.29, 1.82) is 0 Å². The number of benzene rings is 1.